The van der Waals surface area contributed by atoms with Crippen LogP contribution in [0.25, 0.3) is 0 Å². The number of piperazine rings is 1. The fourth-order valence-electron chi connectivity index (χ4n) is 4.18. The maximum absolute atomic E-state index is 14.0. The molecular formula is C22H23FN3O3+. The number of hydrogen-bond acceptors (Lipinski definition) is 4. The van der Waals surface area contributed by atoms with Crippen LogP contribution in [0.4, 0.5) is 15.8 Å². The maximum atomic E-state index is 14.0. The molecule has 29 heavy (non-hydrogen) atoms. The number of quaternary nitrogens is 1. The predicted octanol–water partition coefficient (Wildman–Crippen LogP) is 1.07. The Labute approximate surface area is 168 Å². The fraction of sp³-hybridized carbons (Fsp3) is 0.318. The van der Waals surface area contributed by atoms with E-state index in [0.717, 1.165) is 4.90 Å². The summed E-state index contributed by atoms with van der Waals surface area (Å²) in [5, 5.41) is 0. The van der Waals surface area contributed by atoms with E-state index in [9.17, 15) is 18.8 Å². The van der Waals surface area contributed by atoms with E-state index < -0.39 is 6.04 Å². The zero-order valence-corrected chi connectivity index (χ0v) is 16.2. The molecule has 2 aliphatic rings. The Morgan fingerprint density at radius 2 is 1.79 bits per heavy atom. The number of rotatable bonds is 4. The van der Waals surface area contributed by atoms with Crippen LogP contribution in [-0.4, -0.2) is 49.8 Å². The minimum Gasteiger partial charge on any atom is -0.358 e. The number of carbonyl (C=O) groups excluding carboxylic acids is 3. The van der Waals surface area contributed by atoms with Crippen LogP contribution in [0.15, 0.2) is 48.5 Å². The van der Waals surface area contributed by atoms with Crippen molar-refractivity contribution in [2.75, 3.05) is 36.0 Å². The molecule has 0 radical (unpaired) electrons. The Kier molecular flexibility index (Phi) is 5.15. The van der Waals surface area contributed by atoms with Gasteiger partial charge in [-0.2, -0.15) is 0 Å². The van der Waals surface area contributed by atoms with Gasteiger partial charge in [0.05, 0.1) is 44.0 Å². The van der Waals surface area contributed by atoms with E-state index in [4.69, 9.17) is 0 Å². The van der Waals surface area contributed by atoms with Gasteiger partial charge in [-0.15, -0.1) is 0 Å². The highest BCUT2D eigenvalue weighted by Gasteiger charge is 2.46. The van der Waals surface area contributed by atoms with Crippen LogP contribution in [-0.2, 0) is 9.59 Å². The average molecular weight is 396 g/mol. The lowest BCUT2D eigenvalue weighted by atomic mass is 10.1. The minimum atomic E-state index is -0.439. The summed E-state index contributed by atoms with van der Waals surface area (Å²) >= 11 is 0. The standard InChI is InChI=1S/C22H22FN3O3/c1-15(27)16-5-4-6-17(13-16)26-21(28)14-20(22(26)29)25-11-9-24(10-12-25)19-8-3-2-7-18(19)23/h2-8,13,20H,9-12,14H2,1H3/p+1/t20-/m1/s1. The Morgan fingerprint density at radius 3 is 2.48 bits per heavy atom. The minimum absolute atomic E-state index is 0.114. The van der Waals surface area contributed by atoms with Crippen molar-refractivity contribution in [3.8, 4) is 0 Å². The summed E-state index contributed by atoms with van der Waals surface area (Å²) < 4.78 is 14.0. The van der Waals surface area contributed by atoms with Crippen LogP contribution in [0, 0.1) is 5.82 Å². The van der Waals surface area contributed by atoms with Crippen molar-refractivity contribution >= 4 is 29.0 Å². The summed E-state index contributed by atoms with van der Waals surface area (Å²) in [5.41, 5.74) is 1.49. The Balaban J connectivity index is 1.47. The lowest BCUT2D eigenvalue weighted by Gasteiger charge is -2.35. The first-order chi connectivity index (χ1) is 14.0. The first-order valence-corrected chi connectivity index (χ1v) is 9.77. The molecule has 7 heteroatoms. The van der Waals surface area contributed by atoms with E-state index in [1.807, 2.05) is 11.0 Å². The first-order valence-electron chi connectivity index (χ1n) is 9.77. The van der Waals surface area contributed by atoms with Crippen molar-refractivity contribution in [1.29, 1.82) is 0 Å². The zero-order chi connectivity index (χ0) is 20.5. The second kappa shape index (κ2) is 7.75. The Bertz CT molecular complexity index is 969. The van der Waals surface area contributed by atoms with E-state index in [1.165, 1.54) is 17.9 Å². The number of nitrogens with zero attached hydrogens (tertiary/aromatic N) is 2. The first kappa shape index (κ1) is 19.3. The number of imide groups is 1. The number of anilines is 2. The van der Waals surface area contributed by atoms with Gasteiger partial charge in [0.1, 0.15) is 5.82 Å². The zero-order valence-electron chi connectivity index (χ0n) is 16.2. The molecule has 2 heterocycles. The number of nitrogens with one attached hydrogen (secondary N) is 1. The van der Waals surface area contributed by atoms with E-state index in [2.05, 4.69) is 0 Å². The van der Waals surface area contributed by atoms with Gasteiger partial charge in [-0.25, -0.2) is 9.29 Å². The number of para-hydroxylation sites is 1. The molecule has 0 saturated carbocycles. The normalized spacial score (nSPS) is 20.4. The second-order valence-electron chi connectivity index (χ2n) is 7.53. The molecule has 0 aromatic heterocycles. The third-order valence-electron chi connectivity index (χ3n) is 5.75. The third kappa shape index (κ3) is 3.65. The van der Waals surface area contributed by atoms with Crippen molar-refractivity contribution in [2.24, 2.45) is 0 Å². The van der Waals surface area contributed by atoms with Crippen LogP contribution in [0.5, 0.6) is 0 Å². The third-order valence-corrected chi connectivity index (χ3v) is 5.75. The molecule has 0 bridgehead atoms. The smallest absolute Gasteiger partial charge is 0.292 e. The van der Waals surface area contributed by atoms with Crippen LogP contribution < -0.4 is 14.7 Å². The maximum Gasteiger partial charge on any atom is 0.292 e. The summed E-state index contributed by atoms with van der Waals surface area (Å²) in [6.45, 7) is 4.00. The van der Waals surface area contributed by atoms with Crippen molar-refractivity contribution in [2.45, 2.75) is 19.4 Å². The number of ketones is 1. The lowest BCUT2D eigenvalue weighted by molar-refractivity contribution is -0.915. The van der Waals surface area contributed by atoms with Crippen LogP contribution in [0.1, 0.15) is 23.7 Å². The number of halogens is 1. The average Bonchev–Trinajstić information content (AvgIpc) is 3.02. The molecule has 2 aliphatic heterocycles. The van der Waals surface area contributed by atoms with E-state index in [-0.39, 0.29) is 29.8 Å². The highest BCUT2D eigenvalue weighted by atomic mass is 19.1. The number of carbonyl (C=O) groups is 3. The van der Waals surface area contributed by atoms with Crippen LogP contribution in [0.2, 0.25) is 0 Å². The molecule has 4 rings (SSSR count). The van der Waals surface area contributed by atoms with Gasteiger partial charge in [0.15, 0.2) is 11.8 Å². The van der Waals surface area contributed by atoms with Gasteiger partial charge >= 0.3 is 0 Å². The van der Waals surface area contributed by atoms with Crippen LogP contribution >= 0.6 is 0 Å². The molecule has 6 nitrogen and oxygen atoms in total. The van der Waals surface area contributed by atoms with Gasteiger partial charge in [-0.05, 0) is 31.2 Å². The molecule has 2 amide bonds. The van der Waals surface area contributed by atoms with Crippen LogP contribution in [0.3, 0.4) is 0 Å². The van der Waals surface area contributed by atoms with E-state index in [0.29, 0.717) is 43.1 Å². The van der Waals surface area contributed by atoms with E-state index in [1.54, 1.807) is 36.4 Å². The summed E-state index contributed by atoms with van der Waals surface area (Å²) in [4.78, 5) is 41.5. The van der Waals surface area contributed by atoms with Crippen molar-refractivity contribution in [3.63, 3.8) is 0 Å². The lowest BCUT2D eigenvalue weighted by Crippen LogP contribution is -3.19. The topological polar surface area (TPSA) is 62.1 Å². The van der Waals surface area contributed by atoms with Crippen molar-refractivity contribution < 1.29 is 23.7 Å². The van der Waals surface area contributed by atoms with Crippen molar-refractivity contribution in [3.05, 3.63) is 59.9 Å². The van der Waals surface area contributed by atoms with Gasteiger partial charge in [0.25, 0.3) is 5.91 Å². The molecule has 1 N–H and O–H groups in total. The summed E-state index contributed by atoms with van der Waals surface area (Å²) in [5.74, 6) is -0.841. The molecule has 2 saturated heterocycles. The van der Waals surface area contributed by atoms with Gasteiger partial charge in [0, 0.05) is 5.56 Å². The molecule has 2 fully saturated rings. The molecule has 1 atom stereocenters. The highest BCUT2D eigenvalue weighted by Crippen LogP contribution is 2.24. The highest BCUT2D eigenvalue weighted by molar-refractivity contribution is 6.22. The molecule has 0 spiro atoms. The predicted molar refractivity (Wildman–Crippen MR) is 107 cm³/mol. The van der Waals surface area contributed by atoms with Gasteiger partial charge < -0.3 is 9.80 Å². The second-order valence-corrected chi connectivity index (χ2v) is 7.53. The number of benzene rings is 2. The molecule has 2 aromatic carbocycles. The molecule has 150 valence electrons. The molecule has 0 unspecified atom stereocenters. The summed E-state index contributed by atoms with van der Waals surface area (Å²) in [6, 6.07) is 12.9. The molecular weight excluding hydrogens is 373 g/mol. The molecule has 2 aromatic rings. The number of Topliss-reactive ketones (excluding diaryl/α,β-unsaturated/α-hetero) is 1. The monoisotopic (exact) mass is 396 g/mol. The SMILES string of the molecule is CC(=O)c1cccc(N2C(=O)C[C@@H]([NH+]3CCN(c4ccccc4F)CC3)C2=O)c1. The number of amides is 2. The van der Waals surface area contributed by atoms with Gasteiger partial charge in [0.2, 0.25) is 5.91 Å². The summed E-state index contributed by atoms with van der Waals surface area (Å²) in [7, 11) is 0. The quantitative estimate of drug-likeness (QED) is 0.620. The Morgan fingerprint density at radius 1 is 1.07 bits per heavy atom. The van der Waals surface area contributed by atoms with Gasteiger partial charge in [-0.1, -0.05) is 24.3 Å². The molecule has 0 aliphatic carbocycles. The van der Waals surface area contributed by atoms with Gasteiger partial charge in [-0.3, -0.25) is 14.4 Å². The number of hydrogen-bond donors (Lipinski definition) is 1. The Hall–Kier alpha value is -3.06. The fourth-order valence-corrected chi connectivity index (χ4v) is 4.18. The largest absolute Gasteiger partial charge is 0.358 e. The van der Waals surface area contributed by atoms with Crippen molar-refractivity contribution in [1.82, 2.24) is 0 Å². The summed E-state index contributed by atoms with van der Waals surface area (Å²) in [6.07, 6.45) is 0.151. The van der Waals surface area contributed by atoms with E-state index >= 15 is 0 Å².